The predicted octanol–water partition coefficient (Wildman–Crippen LogP) is 2.48. The molecule has 0 fully saturated rings. The zero-order valence-electron chi connectivity index (χ0n) is 9.94. The molecule has 8 heteroatoms. The van der Waals surface area contributed by atoms with Gasteiger partial charge in [0.25, 0.3) is 0 Å². The van der Waals surface area contributed by atoms with Crippen molar-refractivity contribution in [3.05, 3.63) is 40.4 Å². The first-order valence-corrected chi connectivity index (χ1v) is 6.42. The first-order chi connectivity index (χ1) is 9.10. The van der Waals surface area contributed by atoms with Crippen molar-refractivity contribution in [3.8, 4) is 11.6 Å². The van der Waals surface area contributed by atoms with Gasteiger partial charge in [-0.05, 0) is 12.3 Å². The molecule has 7 nitrogen and oxygen atoms in total. The molecule has 1 heterocycles. The van der Waals surface area contributed by atoms with Crippen LogP contribution in [0.3, 0.4) is 0 Å². The molecule has 0 amide bonds. The van der Waals surface area contributed by atoms with Crippen LogP contribution in [0.2, 0.25) is 0 Å². The van der Waals surface area contributed by atoms with E-state index in [1.807, 2.05) is 0 Å². The van der Waals surface area contributed by atoms with E-state index in [2.05, 4.69) is 9.97 Å². The molecule has 0 unspecified atom stereocenters. The van der Waals surface area contributed by atoms with E-state index in [1.54, 1.807) is 18.4 Å². The van der Waals surface area contributed by atoms with Gasteiger partial charge in [-0.3, -0.25) is 10.1 Å². The molecule has 2 aromatic rings. The highest BCUT2D eigenvalue weighted by Crippen LogP contribution is 2.30. The number of ether oxygens (including phenoxy) is 1. The number of hydrogen-bond donors (Lipinski definition) is 1. The number of nitrogen functional groups attached to an aromatic ring is 1. The molecule has 1 aromatic heterocycles. The minimum atomic E-state index is -0.518. The van der Waals surface area contributed by atoms with Crippen LogP contribution in [0.15, 0.2) is 35.5 Å². The number of thioether (sulfide) groups is 1. The minimum absolute atomic E-state index is 0.109. The van der Waals surface area contributed by atoms with Crippen molar-refractivity contribution in [2.45, 2.75) is 5.16 Å². The van der Waals surface area contributed by atoms with Crippen LogP contribution < -0.4 is 10.5 Å². The van der Waals surface area contributed by atoms with Gasteiger partial charge in [0.1, 0.15) is 5.82 Å². The number of nitro groups is 1. The lowest BCUT2D eigenvalue weighted by Gasteiger charge is -2.06. The van der Waals surface area contributed by atoms with E-state index >= 15 is 0 Å². The van der Waals surface area contributed by atoms with E-state index in [-0.39, 0.29) is 23.1 Å². The second kappa shape index (κ2) is 5.53. The molecule has 0 radical (unpaired) electrons. The van der Waals surface area contributed by atoms with Gasteiger partial charge in [-0.15, -0.1) is 0 Å². The maximum absolute atomic E-state index is 10.9. The molecule has 19 heavy (non-hydrogen) atoms. The maximum Gasteiger partial charge on any atom is 0.311 e. The molecule has 98 valence electrons. The summed E-state index contributed by atoms with van der Waals surface area (Å²) in [7, 11) is 0. The van der Waals surface area contributed by atoms with Crippen LogP contribution in [0.1, 0.15) is 0 Å². The summed E-state index contributed by atoms with van der Waals surface area (Å²) in [5.41, 5.74) is 5.47. The van der Waals surface area contributed by atoms with Gasteiger partial charge in [0.2, 0.25) is 11.6 Å². The van der Waals surface area contributed by atoms with Crippen LogP contribution in [0.4, 0.5) is 11.5 Å². The largest absolute Gasteiger partial charge is 0.432 e. The molecule has 2 rings (SSSR count). The highest BCUT2D eigenvalue weighted by molar-refractivity contribution is 7.98. The molecular formula is C11H10N4O3S. The average Bonchev–Trinajstić information content (AvgIpc) is 2.38. The molecular weight excluding hydrogens is 268 g/mol. The van der Waals surface area contributed by atoms with E-state index in [4.69, 9.17) is 10.5 Å². The van der Waals surface area contributed by atoms with Gasteiger partial charge >= 0.3 is 5.69 Å². The van der Waals surface area contributed by atoms with Gasteiger partial charge in [-0.25, -0.2) is 4.98 Å². The third-order valence-electron chi connectivity index (χ3n) is 2.16. The van der Waals surface area contributed by atoms with Crippen molar-refractivity contribution in [3.63, 3.8) is 0 Å². The van der Waals surface area contributed by atoms with Gasteiger partial charge in [-0.2, -0.15) is 4.98 Å². The third kappa shape index (κ3) is 3.10. The van der Waals surface area contributed by atoms with Gasteiger partial charge in [0.15, 0.2) is 5.16 Å². The quantitative estimate of drug-likeness (QED) is 0.396. The Morgan fingerprint density at radius 2 is 2.11 bits per heavy atom. The zero-order chi connectivity index (χ0) is 13.8. The zero-order valence-corrected chi connectivity index (χ0v) is 10.8. The molecule has 0 saturated carbocycles. The molecule has 0 saturated heterocycles. The summed E-state index contributed by atoms with van der Waals surface area (Å²) in [4.78, 5) is 18.4. The number of anilines is 1. The molecule has 2 N–H and O–H groups in total. The first kappa shape index (κ1) is 13.1. The van der Waals surface area contributed by atoms with Gasteiger partial charge in [0.05, 0.1) is 4.92 Å². The normalized spacial score (nSPS) is 10.2. The Bertz CT molecular complexity index is 621. The van der Waals surface area contributed by atoms with Crippen molar-refractivity contribution in [1.82, 2.24) is 9.97 Å². The molecule has 1 aromatic carbocycles. The molecule has 0 aliphatic rings. The van der Waals surface area contributed by atoms with Crippen LogP contribution in [0.5, 0.6) is 11.6 Å². The topological polar surface area (TPSA) is 104 Å². The Balaban J connectivity index is 2.36. The SMILES string of the molecule is CSc1nc(N)cc(Oc2ccccc2[N+](=O)[O-])n1. The van der Waals surface area contributed by atoms with Crippen LogP contribution in [0, 0.1) is 10.1 Å². The molecule has 0 aliphatic heterocycles. The Morgan fingerprint density at radius 3 is 2.79 bits per heavy atom. The van der Waals surface area contributed by atoms with E-state index in [1.165, 1.54) is 30.0 Å². The van der Waals surface area contributed by atoms with Crippen molar-refractivity contribution in [2.75, 3.05) is 12.0 Å². The van der Waals surface area contributed by atoms with Gasteiger partial charge in [0, 0.05) is 12.1 Å². The van der Waals surface area contributed by atoms with Crippen molar-refractivity contribution in [1.29, 1.82) is 0 Å². The Kier molecular flexibility index (Phi) is 3.81. The predicted molar refractivity (Wildman–Crippen MR) is 71.4 cm³/mol. The fourth-order valence-electron chi connectivity index (χ4n) is 1.37. The lowest BCUT2D eigenvalue weighted by molar-refractivity contribution is -0.385. The lowest BCUT2D eigenvalue weighted by Crippen LogP contribution is -1.98. The number of aromatic nitrogens is 2. The molecule has 0 atom stereocenters. The highest BCUT2D eigenvalue weighted by Gasteiger charge is 2.15. The van der Waals surface area contributed by atoms with Gasteiger partial charge in [-0.1, -0.05) is 23.9 Å². The van der Waals surface area contributed by atoms with Crippen LogP contribution in [-0.2, 0) is 0 Å². The molecule has 0 spiro atoms. The Morgan fingerprint density at radius 1 is 1.37 bits per heavy atom. The molecule has 0 bridgehead atoms. The lowest BCUT2D eigenvalue weighted by atomic mass is 10.3. The summed E-state index contributed by atoms with van der Waals surface area (Å²) >= 11 is 1.30. The number of hydrogen-bond acceptors (Lipinski definition) is 7. The summed E-state index contributed by atoms with van der Waals surface area (Å²) < 4.78 is 5.41. The molecule has 0 aliphatic carbocycles. The first-order valence-electron chi connectivity index (χ1n) is 5.20. The van der Waals surface area contributed by atoms with E-state index < -0.39 is 4.92 Å². The number of nitrogens with two attached hydrogens (primary N) is 1. The summed E-state index contributed by atoms with van der Waals surface area (Å²) in [5, 5.41) is 11.3. The van der Waals surface area contributed by atoms with Crippen molar-refractivity contribution >= 4 is 23.3 Å². The van der Waals surface area contributed by atoms with E-state index in [0.717, 1.165) is 0 Å². The monoisotopic (exact) mass is 278 g/mol. The Labute approximate surface area is 113 Å². The average molecular weight is 278 g/mol. The third-order valence-corrected chi connectivity index (χ3v) is 2.71. The Hall–Kier alpha value is -2.35. The van der Waals surface area contributed by atoms with Gasteiger partial charge < -0.3 is 10.5 Å². The van der Waals surface area contributed by atoms with E-state index in [9.17, 15) is 10.1 Å². The second-order valence-corrected chi connectivity index (χ2v) is 4.22. The number of nitrogens with zero attached hydrogens (tertiary/aromatic N) is 3. The van der Waals surface area contributed by atoms with Crippen molar-refractivity contribution in [2.24, 2.45) is 0 Å². The summed E-state index contributed by atoms with van der Waals surface area (Å²) in [6, 6.07) is 7.47. The summed E-state index contributed by atoms with van der Waals surface area (Å²) in [5.74, 6) is 0.525. The number of nitro benzene ring substituents is 1. The fraction of sp³-hybridized carbons (Fsp3) is 0.0909. The summed E-state index contributed by atoms with van der Waals surface area (Å²) in [6.45, 7) is 0. The number of benzene rings is 1. The van der Waals surface area contributed by atoms with Crippen LogP contribution >= 0.6 is 11.8 Å². The minimum Gasteiger partial charge on any atom is -0.432 e. The van der Waals surface area contributed by atoms with Crippen LogP contribution in [0.25, 0.3) is 0 Å². The smallest absolute Gasteiger partial charge is 0.311 e. The second-order valence-electron chi connectivity index (χ2n) is 3.44. The van der Waals surface area contributed by atoms with E-state index in [0.29, 0.717) is 5.16 Å². The maximum atomic E-state index is 10.9. The van der Waals surface area contributed by atoms with Crippen LogP contribution in [-0.4, -0.2) is 21.1 Å². The van der Waals surface area contributed by atoms with Crippen molar-refractivity contribution < 1.29 is 9.66 Å². The highest BCUT2D eigenvalue weighted by atomic mass is 32.2. The number of para-hydroxylation sites is 2. The number of rotatable bonds is 4. The summed E-state index contributed by atoms with van der Waals surface area (Å²) in [6.07, 6.45) is 1.80. The standard InChI is InChI=1S/C11H10N4O3S/c1-19-11-13-9(12)6-10(14-11)18-8-5-3-2-4-7(8)15(16)17/h2-6H,1H3,(H2,12,13,14). The fourth-order valence-corrected chi connectivity index (χ4v) is 1.75.